The Morgan fingerprint density at radius 2 is 1.89 bits per heavy atom. The highest BCUT2D eigenvalue weighted by molar-refractivity contribution is 8.45. The quantitative estimate of drug-likeness (QED) is 0.327. The number of rotatable bonds is 4. The standard InChI is InChI=1S/C22H25F5N6O2S/c23-36(24,25,26,27)14-1-2-16(17(28)11-14)22(34)33-8-4-13(5-9-33)15-3-6-30-21-19(15)31-20(32-21)18-12-29-7-10-35-18/h1-3,6,11,13,18,29H,4-5,7-10,12,28H2,(H,30,31,32)/t18-/m0/s1. The predicted molar refractivity (Wildman–Crippen MR) is 126 cm³/mol. The van der Waals surface area contributed by atoms with Crippen molar-refractivity contribution in [3.8, 4) is 0 Å². The van der Waals surface area contributed by atoms with Gasteiger partial charge in [0.1, 0.15) is 22.3 Å². The van der Waals surface area contributed by atoms with Crippen LogP contribution in [-0.4, -0.2) is 58.5 Å². The number of ether oxygens (including phenoxy) is 1. The number of imidazole rings is 1. The summed E-state index contributed by atoms with van der Waals surface area (Å²) in [5.74, 6) is 0.174. The van der Waals surface area contributed by atoms with Gasteiger partial charge in [-0.3, -0.25) is 4.79 Å². The van der Waals surface area contributed by atoms with Crippen LogP contribution in [0, 0.1) is 0 Å². The Morgan fingerprint density at radius 3 is 2.53 bits per heavy atom. The summed E-state index contributed by atoms with van der Waals surface area (Å²) >= 11 is 0. The molecule has 1 amide bonds. The molecule has 2 fully saturated rings. The summed E-state index contributed by atoms with van der Waals surface area (Å²) in [5.41, 5.74) is 7.10. The molecule has 4 heterocycles. The number of pyridine rings is 1. The monoisotopic (exact) mass is 532 g/mol. The van der Waals surface area contributed by atoms with Crippen molar-refractivity contribution in [1.29, 1.82) is 0 Å². The van der Waals surface area contributed by atoms with E-state index in [0.29, 0.717) is 50.6 Å². The van der Waals surface area contributed by atoms with Crippen LogP contribution in [0.25, 0.3) is 11.2 Å². The fraction of sp³-hybridized carbons (Fsp3) is 0.409. The third-order valence-electron chi connectivity index (χ3n) is 6.59. The molecule has 2 aromatic heterocycles. The maximum absolute atomic E-state index is 13.1. The molecule has 2 aliphatic rings. The number of nitrogen functional groups attached to an aromatic ring is 1. The van der Waals surface area contributed by atoms with E-state index < -0.39 is 26.7 Å². The largest absolute Gasteiger partial charge is 0.398 e. The molecule has 14 heteroatoms. The molecule has 0 radical (unpaired) electrons. The van der Waals surface area contributed by atoms with Crippen molar-refractivity contribution < 1.29 is 29.0 Å². The van der Waals surface area contributed by atoms with E-state index in [1.807, 2.05) is 6.07 Å². The summed E-state index contributed by atoms with van der Waals surface area (Å²) in [5, 5.41) is 3.26. The molecular weight excluding hydrogens is 507 g/mol. The van der Waals surface area contributed by atoms with E-state index in [-0.39, 0.29) is 29.7 Å². The number of aromatic amines is 1. The Kier molecular flexibility index (Phi) is 5.50. The Morgan fingerprint density at radius 1 is 1.14 bits per heavy atom. The van der Waals surface area contributed by atoms with Gasteiger partial charge in [-0.15, -0.1) is 0 Å². The first-order valence-corrected chi connectivity index (χ1v) is 13.3. The fourth-order valence-corrected chi connectivity index (χ4v) is 5.38. The summed E-state index contributed by atoms with van der Waals surface area (Å²) in [7, 11) is -9.88. The number of anilines is 1. The average molecular weight is 533 g/mol. The fourth-order valence-electron chi connectivity index (χ4n) is 4.71. The number of likely N-dealkylation sites (tertiary alicyclic amines) is 1. The predicted octanol–water partition coefficient (Wildman–Crippen LogP) is 4.88. The van der Waals surface area contributed by atoms with E-state index in [1.165, 1.54) is 4.90 Å². The van der Waals surface area contributed by atoms with Crippen molar-refractivity contribution in [3.63, 3.8) is 0 Å². The summed E-state index contributed by atoms with van der Waals surface area (Å²) in [4.78, 5) is 24.6. The first kappa shape index (κ1) is 24.7. The molecule has 0 bridgehead atoms. The van der Waals surface area contributed by atoms with Gasteiger partial charge in [-0.1, -0.05) is 19.4 Å². The van der Waals surface area contributed by atoms with Crippen LogP contribution in [0.2, 0.25) is 0 Å². The molecule has 0 spiro atoms. The van der Waals surface area contributed by atoms with Crippen molar-refractivity contribution >= 4 is 33.0 Å². The number of hydrogen-bond donors (Lipinski definition) is 3. The van der Waals surface area contributed by atoms with Crippen LogP contribution in [0.15, 0.2) is 35.4 Å². The van der Waals surface area contributed by atoms with E-state index in [2.05, 4.69) is 15.3 Å². The molecule has 0 aliphatic carbocycles. The van der Waals surface area contributed by atoms with Gasteiger partial charge in [0.15, 0.2) is 5.65 Å². The third-order valence-corrected chi connectivity index (χ3v) is 7.73. The Bertz CT molecular complexity index is 1320. The first-order valence-electron chi connectivity index (χ1n) is 11.4. The van der Waals surface area contributed by atoms with Gasteiger partial charge in [0.2, 0.25) is 0 Å². The number of nitrogens with two attached hydrogens (primary N) is 1. The maximum Gasteiger partial charge on any atom is 0.310 e. The lowest BCUT2D eigenvalue weighted by molar-refractivity contribution is 0.0228. The van der Waals surface area contributed by atoms with Crippen molar-refractivity contribution in [1.82, 2.24) is 25.2 Å². The van der Waals surface area contributed by atoms with Gasteiger partial charge in [-0.25, -0.2) is 9.97 Å². The number of carbonyl (C=O) groups excluding carboxylic acids is 1. The number of hydrogen-bond acceptors (Lipinski definition) is 6. The normalized spacial score (nSPS) is 21.8. The number of H-pyrrole nitrogens is 1. The molecule has 196 valence electrons. The molecule has 2 aliphatic heterocycles. The number of nitrogens with zero attached hydrogens (tertiary/aromatic N) is 3. The van der Waals surface area contributed by atoms with Crippen LogP contribution in [0.3, 0.4) is 0 Å². The van der Waals surface area contributed by atoms with E-state index in [0.717, 1.165) is 23.7 Å². The molecule has 2 saturated heterocycles. The number of morpholine rings is 1. The van der Waals surface area contributed by atoms with Gasteiger partial charge in [-0.2, -0.15) is 0 Å². The van der Waals surface area contributed by atoms with Crippen LogP contribution < -0.4 is 11.1 Å². The number of benzene rings is 1. The zero-order valence-electron chi connectivity index (χ0n) is 19.0. The molecule has 8 nitrogen and oxygen atoms in total. The second-order valence-corrected chi connectivity index (χ2v) is 11.5. The number of fused-ring (bicyclic) bond motifs is 1. The highest BCUT2D eigenvalue weighted by atomic mass is 32.5. The molecule has 0 unspecified atom stereocenters. The summed E-state index contributed by atoms with van der Waals surface area (Å²) in [6.45, 7) is 2.65. The van der Waals surface area contributed by atoms with E-state index in [9.17, 15) is 24.2 Å². The topological polar surface area (TPSA) is 109 Å². The molecule has 4 N–H and O–H groups in total. The number of amides is 1. The first-order chi connectivity index (χ1) is 16.8. The third kappa shape index (κ3) is 4.84. The van der Waals surface area contributed by atoms with Crippen molar-refractivity contribution in [3.05, 3.63) is 47.4 Å². The molecule has 0 saturated carbocycles. The van der Waals surface area contributed by atoms with E-state index in [1.54, 1.807) is 6.20 Å². The summed E-state index contributed by atoms with van der Waals surface area (Å²) in [6, 6.07) is 2.96. The number of nitrogens with one attached hydrogen (secondary N) is 2. The number of aromatic nitrogens is 3. The lowest BCUT2D eigenvalue weighted by Crippen LogP contribution is -2.38. The molecule has 5 rings (SSSR count). The molecular formula is C22H25F5N6O2S. The maximum atomic E-state index is 13.1. The molecule has 1 aromatic carbocycles. The number of piperidine rings is 1. The Labute approximate surface area is 203 Å². The van der Waals surface area contributed by atoms with Gasteiger partial charge in [0, 0.05) is 38.1 Å². The van der Waals surface area contributed by atoms with Crippen molar-refractivity contribution in [2.45, 2.75) is 29.8 Å². The van der Waals surface area contributed by atoms with Gasteiger partial charge in [0.05, 0.1) is 12.2 Å². The minimum Gasteiger partial charge on any atom is -0.398 e. The van der Waals surface area contributed by atoms with Gasteiger partial charge in [-0.05, 0) is 48.6 Å². The minimum atomic E-state index is -9.88. The Balaban J connectivity index is 1.31. The van der Waals surface area contributed by atoms with Gasteiger partial charge >= 0.3 is 10.2 Å². The Hall–Kier alpha value is -2.97. The second-order valence-electron chi connectivity index (χ2n) is 9.07. The van der Waals surface area contributed by atoms with Crippen molar-refractivity contribution in [2.24, 2.45) is 0 Å². The smallest absolute Gasteiger partial charge is 0.310 e. The van der Waals surface area contributed by atoms with E-state index >= 15 is 0 Å². The number of carbonyl (C=O) groups is 1. The average Bonchev–Trinajstić information content (AvgIpc) is 3.27. The lowest BCUT2D eigenvalue weighted by atomic mass is 9.89. The van der Waals surface area contributed by atoms with Gasteiger partial charge < -0.3 is 25.7 Å². The summed E-state index contributed by atoms with van der Waals surface area (Å²) < 4.78 is 71.1. The minimum absolute atomic E-state index is 0.0777. The number of halogens is 5. The van der Waals surface area contributed by atoms with Crippen LogP contribution in [-0.2, 0) is 4.74 Å². The second kappa shape index (κ2) is 8.02. The van der Waals surface area contributed by atoms with Crippen LogP contribution in [0.4, 0.5) is 25.1 Å². The van der Waals surface area contributed by atoms with E-state index in [4.69, 9.17) is 15.5 Å². The lowest BCUT2D eigenvalue weighted by Gasteiger charge is -2.40. The van der Waals surface area contributed by atoms with Crippen LogP contribution >= 0.6 is 10.2 Å². The van der Waals surface area contributed by atoms with Crippen molar-refractivity contribution in [2.75, 3.05) is 38.5 Å². The SMILES string of the molecule is Nc1cc(S(F)(F)(F)(F)F)ccc1C(=O)N1CCC(c2ccnc3[nH]c([C@@H]4CNCCO4)nc23)CC1. The molecule has 36 heavy (non-hydrogen) atoms. The zero-order valence-corrected chi connectivity index (χ0v) is 19.8. The molecule has 1 atom stereocenters. The summed E-state index contributed by atoms with van der Waals surface area (Å²) in [6.07, 6.45) is 2.66. The highest BCUT2D eigenvalue weighted by Crippen LogP contribution is 3.02. The zero-order chi connectivity index (χ0) is 25.8. The highest BCUT2D eigenvalue weighted by Gasteiger charge is 2.65. The van der Waals surface area contributed by atoms with Crippen LogP contribution in [0.5, 0.6) is 0 Å². The van der Waals surface area contributed by atoms with Gasteiger partial charge in [0.25, 0.3) is 5.91 Å². The van der Waals surface area contributed by atoms with Crippen LogP contribution in [0.1, 0.15) is 46.6 Å². The molecule has 3 aromatic rings.